The van der Waals surface area contributed by atoms with Crippen molar-refractivity contribution >= 4 is 38.7 Å². The zero-order valence-electron chi connectivity index (χ0n) is 14.6. The van der Waals surface area contributed by atoms with Gasteiger partial charge in [0, 0.05) is 41.0 Å². The fourth-order valence-electron chi connectivity index (χ4n) is 3.28. The largest absolute Gasteiger partial charge is 0.451 e. The van der Waals surface area contributed by atoms with Gasteiger partial charge >= 0.3 is 0 Å². The predicted molar refractivity (Wildman–Crippen MR) is 101 cm³/mol. The Morgan fingerprint density at radius 3 is 2.72 bits per heavy atom. The number of piperidine rings is 1. The van der Waals surface area contributed by atoms with Crippen LogP contribution in [0, 0.1) is 12.8 Å². The number of aryl methyl sites for hydroxylation is 1. The van der Waals surface area contributed by atoms with Crippen LogP contribution in [0.2, 0.25) is 0 Å². The van der Waals surface area contributed by atoms with E-state index in [4.69, 9.17) is 4.42 Å². The normalized spacial score (nSPS) is 15.6. The van der Waals surface area contributed by atoms with Crippen molar-refractivity contribution in [1.29, 1.82) is 0 Å². The van der Waals surface area contributed by atoms with Gasteiger partial charge in [0.15, 0.2) is 5.76 Å². The second kappa shape index (κ2) is 7.60. The summed E-state index contributed by atoms with van der Waals surface area (Å²) in [5, 5.41) is 3.90. The van der Waals surface area contributed by atoms with E-state index in [9.17, 15) is 9.59 Å². The van der Waals surface area contributed by atoms with Crippen LogP contribution in [0.25, 0.3) is 11.0 Å². The van der Waals surface area contributed by atoms with Gasteiger partial charge in [-0.3, -0.25) is 9.59 Å². The first-order valence-corrected chi connectivity index (χ1v) is 9.56. The van der Waals surface area contributed by atoms with Crippen molar-refractivity contribution in [2.75, 3.05) is 19.6 Å². The number of nitrogens with zero attached hydrogens (tertiary/aromatic N) is 1. The van der Waals surface area contributed by atoms with Crippen molar-refractivity contribution in [1.82, 2.24) is 10.2 Å². The summed E-state index contributed by atoms with van der Waals surface area (Å²) < 4.78 is 6.76. The zero-order chi connectivity index (χ0) is 18.0. The average molecular weight is 407 g/mol. The van der Waals surface area contributed by atoms with E-state index in [0.717, 1.165) is 27.4 Å². The smallest absolute Gasteiger partial charge is 0.289 e. The maximum absolute atomic E-state index is 12.8. The summed E-state index contributed by atoms with van der Waals surface area (Å²) in [5.74, 6) is 0.432. The molecular weight excluding hydrogens is 384 g/mol. The van der Waals surface area contributed by atoms with Gasteiger partial charge < -0.3 is 14.6 Å². The average Bonchev–Trinajstić information content (AvgIpc) is 2.95. The monoisotopic (exact) mass is 406 g/mol. The topological polar surface area (TPSA) is 62.6 Å². The molecule has 5 nitrogen and oxygen atoms in total. The molecule has 1 aromatic carbocycles. The maximum atomic E-state index is 12.8. The van der Waals surface area contributed by atoms with Crippen LogP contribution in [0.4, 0.5) is 0 Å². The molecule has 0 radical (unpaired) electrons. The third-order valence-electron chi connectivity index (χ3n) is 4.79. The van der Waals surface area contributed by atoms with Gasteiger partial charge in [0.1, 0.15) is 5.58 Å². The highest BCUT2D eigenvalue weighted by atomic mass is 79.9. The summed E-state index contributed by atoms with van der Waals surface area (Å²) in [7, 11) is 0. The molecule has 0 atom stereocenters. The lowest BCUT2D eigenvalue weighted by Gasteiger charge is -2.30. The van der Waals surface area contributed by atoms with Crippen LogP contribution in [-0.2, 0) is 4.79 Å². The molecule has 0 bridgehead atoms. The van der Waals surface area contributed by atoms with Gasteiger partial charge in [0.05, 0.1) is 0 Å². The Balaban J connectivity index is 1.69. The minimum Gasteiger partial charge on any atom is -0.451 e. The van der Waals surface area contributed by atoms with Crippen LogP contribution < -0.4 is 5.32 Å². The Morgan fingerprint density at radius 1 is 1.32 bits per heavy atom. The number of furan rings is 1. The number of nitrogens with one attached hydrogen (secondary N) is 1. The number of rotatable bonds is 4. The first kappa shape index (κ1) is 18.0. The van der Waals surface area contributed by atoms with Crippen LogP contribution in [0.5, 0.6) is 0 Å². The van der Waals surface area contributed by atoms with Crippen LogP contribution in [0.1, 0.15) is 42.3 Å². The molecule has 3 rings (SSSR count). The number of halogens is 1. The van der Waals surface area contributed by atoms with Gasteiger partial charge in [-0.05, 0) is 44.4 Å². The molecule has 134 valence electrons. The molecule has 6 heteroatoms. The number of carbonyl (C=O) groups excluding carboxylic acids is 2. The highest BCUT2D eigenvalue weighted by Crippen LogP contribution is 2.29. The molecular formula is C19H23BrN2O3. The Hall–Kier alpha value is -1.82. The van der Waals surface area contributed by atoms with E-state index < -0.39 is 0 Å². The van der Waals surface area contributed by atoms with Gasteiger partial charge in [0.25, 0.3) is 5.91 Å². The minimum absolute atomic E-state index is 0.00308. The molecule has 1 fully saturated rings. The lowest BCUT2D eigenvalue weighted by molar-refractivity contribution is -0.126. The van der Waals surface area contributed by atoms with Crippen molar-refractivity contribution < 1.29 is 14.0 Å². The summed E-state index contributed by atoms with van der Waals surface area (Å²) in [5.41, 5.74) is 1.59. The van der Waals surface area contributed by atoms with E-state index in [1.807, 2.05) is 32.0 Å². The van der Waals surface area contributed by atoms with Gasteiger partial charge in [-0.2, -0.15) is 0 Å². The number of carbonyl (C=O) groups is 2. The SMILES string of the molecule is CCCNC(=O)C1CCN(C(=O)c2oc3ccc(Br)cc3c2C)CC1. The third kappa shape index (κ3) is 3.73. The second-order valence-electron chi connectivity index (χ2n) is 6.55. The number of amides is 2. The summed E-state index contributed by atoms with van der Waals surface area (Å²) in [6.07, 6.45) is 2.34. The molecule has 2 aromatic rings. The Morgan fingerprint density at radius 2 is 2.04 bits per heavy atom. The maximum Gasteiger partial charge on any atom is 0.289 e. The molecule has 1 aliphatic rings. The highest BCUT2D eigenvalue weighted by molar-refractivity contribution is 9.10. The van der Waals surface area contributed by atoms with Crippen LogP contribution in [0.15, 0.2) is 27.1 Å². The molecule has 1 N–H and O–H groups in total. The summed E-state index contributed by atoms with van der Waals surface area (Å²) in [4.78, 5) is 26.7. The highest BCUT2D eigenvalue weighted by Gasteiger charge is 2.30. The van der Waals surface area contributed by atoms with Crippen molar-refractivity contribution in [2.45, 2.75) is 33.1 Å². The van der Waals surface area contributed by atoms with Crippen molar-refractivity contribution in [3.63, 3.8) is 0 Å². The summed E-state index contributed by atoms with van der Waals surface area (Å²) in [6.45, 7) is 5.84. The van der Waals surface area contributed by atoms with Crippen molar-refractivity contribution in [3.05, 3.63) is 34.0 Å². The predicted octanol–water partition coefficient (Wildman–Crippen LogP) is 3.88. The Labute approximate surface area is 155 Å². The van der Waals surface area contributed by atoms with E-state index in [2.05, 4.69) is 21.2 Å². The standard InChI is InChI=1S/C19H23BrN2O3/c1-3-8-21-18(23)13-6-9-22(10-7-13)19(24)17-12(2)15-11-14(20)4-5-16(15)25-17/h4-5,11,13H,3,6-10H2,1-2H3,(H,21,23). The quantitative estimate of drug-likeness (QED) is 0.837. The van der Waals surface area contributed by atoms with E-state index in [1.165, 1.54) is 0 Å². The second-order valence-corrected chi connectivity index (χ2v) is 7.47. The summed E-state index contributed by atoms with van der Waals surface area (Å²) >= 11 is 3.45. The summed E-state index contributed by atoms with van der Waals surface area (Å²) in [6, 6.07) is 5.74. The molecule has 0 unspecified atom stereocenters. The lowest BCUT2D eigenvalue weighted by Crippen LogP contribution is -2.43. The molecule has 0 spiro atoms. The first-order valence-electron chi connectivity index (χ1n) is 8.77. The van der Waals surface area contributed by atoms with Crippen molar-refractivity contribution in [3.8, 4) is 0 Å². The van der Waals surface area contributed by atoms with E-state index in [-0.39, 0.29) is 17.7 Å². The van der Waals surface area contributed by atoms with Crippen LogP contribution in [0.3, 0.4) is 0 Å². The fraction of sp³-hybridized carbons (Fsp3) is 0.474. The van der Waals surface area contributed by atoms with Crippen LogP contribution in [-0.4, -0.2) is 36.3 Å². The lowest BCUT2D eigenvalue weighted by atomic mass is 9.95. The Kier molecular flexibility index (Phi) is 5.47. The number of fused-ring (bicyclic) bond motifs is 1. The fourth-order valence-corrected chi connectivity index (χ4v) is 3.64. The van der Waals surface area contributed by atoms with Gasteiger partial charge in [-0.1, -0.05) is 22.9 Å². The number of hydrogen-bond donors (Lipinski definition) is 1. The number of hydrogen-bond acceptors (Lipinski definition) is 3. The molecule has 1 aliphatic heterocycles. The molecule has 0 saturated carbocycles. The zero-order valence-corrected chi connectivity index (χ0v) is 16.2. The van der Waals surface area contributed by atoms with Crippen LogP contribution >= 0.6 is 15.9 Å². The first-order chi connectivity index (χ1) is 12.0. The van der Waals surface area contributed by atoms with Gasteiger partial charge in [-0.15, -0.1) is 0 Å². The minimum atomic E-state index is -0.0859. The van der Waals surface area contributed by atoms with E-state index in [0.29, 0.717) is 38.2 Å². The number of benzene rings is 1. The Bertz CT molecular complexity index is 791. The van der Waals surface area contributed by atoms with E-state index >= 15 is 0 Å². The van der Waals surface area contributed by atoms with Gasteiger partial charge in [0.2, 0.25) is 5.91 Å². The molecule has 25 heavy (non-hydrogen) atoms. The molecule has 2 amide bonds. The molecule has 2 heterocycles. The number of likely N-dealkylation sites (tertiary alicyclic amines) is 1. The molecule has 1 saturated heterocycles. The van der Waals surface area contributed by atoms with E-state index in [1.54, 1.807) is 4.90 Å². The molecule has 1 aromatic heterocycles. The molecule has 0 aliphatic carbocycles. The van der Waals surface area contributed by atoms with Gasteiger partial charge in [-0.25, -0.2) is 0 Å². The third-order valence-corrected chi connectivity index (χ3v) is 5.29. The van der Waals surface area contributed by atoms with Crippen molar-refractivity contribution in [2.24, 2.45) is 5.92 Å².